The Balaban J connectivity index is 1.96. The Labute approximate surface area is 105 Å². The number of hydrogen-bond donors (Lipinski definition) is 2. The standard InChI is InChI=1S/C13H16N2O3/c1-9-3-4-10(8-14-9)7-11(16)15-13(12(17)18)5-2-6-13/h3-4,8H,2,5-7H2,1H3,(H,15,16)(H,17,18). The van der Waals surface area contributed by atoms with E-state index in [4.69, 9.17) is 5.11 Å². The van der Waals surface area contributed by atoms with E-state index in [1.165, 1.54) is 0 Å². The van der Waals surface area contributed by atoms with Crippen LogP contribution in [0.15, 0.2) is 18.3 Å². The summed E-state index contributed by atoms with van der Waals surface area (Å²) in [7, 11) is 0. The number of nitrogens with one attached hydrogen (secondary N) is 1. The van der Waals surface area contributed by atoms with Crippen molar-refractivity contribution in [2.24, 2.45) is 0 Å². The lowest BCUT2D eigenvalue weighted by Crippen LogP contribution is -2.59. The van der Waals surface area contributed by atoms with Crippen molar-refractivity contribution in [2.75, 3.05) is 0 Å². The molecule has 1 aliphatic rings. The van der Waals surface area contributed by atoms with Gasteiger partial charge in [0.25, 0.3) is 0 Å². The first-order chi connectivity index (χ1) is 8.52. The molecule has 18 heavy (non-hydrogen) atoms. The molecule has 1 aromatic rings. The Morgan fingerprint density at radius 2 is 2.17 bits per heavy atom. The third-order valence-electron chi connectivity index (χ3n) is 3.33. The molecule has 1 heterocycles. The number of rotatable bonds is 4. The summed E-state index contributed by atoms with van der Waals surface area (Å²) in [5, 5.41) is 11.7. The highest BCUT2D eigenvalue weighted by molar-refractivity contribution is 5.88. The maximum Gasteiger partial charge on any atom is 0.329 e. The summed E-state index contributed by atoms with van der Waals surface area (Å²) < 4.78 is 0. The van der Waals surface area contributed by atoms with Gasteiger partial charge in [-0.25, -0.2) is 4.79 Å². The topological polar surface area (TPSA) is 79.3 Å². The predicted octanol–water partition coefficient (Wildman–Crippen LogP) is 1.06. The zero-order valence-electron chi connectivity index (χ0n) is 10.3. The maximum absolute atomic E-state index is 11.8. The van der Waals surface area contributed by atoms with Crippen LogP contribution in [-0.4, -0.2) is 27.5 Å². The number of nitrogens with zero attached hydrogens (tertiary/aromatic N) is 1. The zero-order chi connectivity index (χ0) is 13.2. The molecule has 1 fully saturated rings. The second kappa shape index (κ2) is 4.76. The number of pyridine rings is 1. The lowest BCUT2D eigenvalue weighted by atomic mass is 9.76. The highest BCUT2D eigenvalue weighted by Gasteiger charge is 2.45. The minimum Gasteiger partial charge on any atom is -0.480 e. The van der Waals surface area contributed by atoms with Gasteiger partial charge in [0.15, 0.2) is 0 Å². The third-order valence-corrected chi connectivity index (χ3v) is 3.33. The average molecular weight is 248 g/mol. The van der Waals surface area contributed by atoms with E-state index in [9.17, 15) is 9.59 Å². The molecule has 0 unspecified atom stereocenters. The molecule has 5 nitrogen and oxygen atoms in total. The number of carboxylic acids is 1. The Kier molecular flexibility index (Phi) is 3.32. The SMILES string of the molecule is Cc1ccc(CC(=O)NC2(C(=O)O)CCC2)cn1. The van der Waals surface area contributed by atoms with Crippen LogP contribution in [0.4, 0.5) is 0 Å². The lowest BCUT2D eigenvalue weighted by molar-refractivity contribution is -0.151. The van der Waals surface area contributed by atoms with Crippen LogP contribution in [0, 0.1) is 6.92 Å². The molecule has 0 spiro atoms. The van der Waals surface area contributed by atoms with Crippen LogP contribution in [0.1, 0.15) is 30.5 Å². The van der Waals surface area contributed by atoms with E-state index in [1.54, 1.807) is 6.20 Å². The molecule has 0 bridgehead atoms. The third kappa shape index (κ3) is 2.50. The van der Waals surface area contributed by atoms with E-state index >= 15 is 0 Å². The van der Waals surface area contributed by atoms with Gasteiger partial charge in [-0.15, -0.1) is 0 Å². The van der Waals surface area contributed by atoms with Gasteiger partial charge in [0, 0.05) is 11.9 Å². The van der Waals surface area contributed by atoms with Gasteiger partial charge < -0.3 is 10.4 Å². The summed E-state index contributed by atoms with van der Waals surface area (Å²) in [5.74, 6) is -1.20. The van der Waals surface area contributed by atoms with Crippen molar-refractivity contribution < 1.29 is 14.7 Å². The molecule has 0 radical (unpaired) electrons. The summed E-state index contributed by atoms with van der Waals surface area (Å²) in [6.45, 7) is 1.87. The van der Waals surface area contributed by atoms with E-state index in [-0.39, 0.29) is 12.3 Å². The van der Waals surface area contributed by atoms with Crippen molar-refractivity contribution in [1.82, 2.24) is 10.3 Å². The van der Waals surface area contributed by atoms with Crippen molar-refractivity contribution in [3.8, 4) is 0 Å². The molecular formula is C13H16N2O3. The van der Waals surface area contributed by atoms with Crippen LogP contribution in [0.3, 0.4) is 0 Å². The van der Waals surface area contributed by atoms with Crippen molar-refractivity contribution in [3.63, 3.8) is 0 Å². The Morgan fingerprint density at radius 1 is 1.44 bits per heavy atom. The molecule has 1 aliphatic carbocycles. The van der Waals surface area contributed by atoms with Gasteiger partial charge in [0.1, 0.15) is 5.54 Å². The number of hydrogen-bond acceptors (Lipinski definition) is 3. The molecule has 0 aromatic carbocycles. The molecule has 0 aliphatic heterocycles. The van der Waals surface area contributed by atoms with Crippen LogP contribution in [-0.2, 0) is 16.0 Å². The van der Waals surface area contributed by atoms with Gasteiger partial charge in [0.2, 0.25) is 5.91 Å². The largest absolute Gasteiger partial charge is 0.480 e. The van der Waals surface area contributed by atoms with Crippen LogP contribution in [0.2, 0.25) is 0 Å². The van der Waals surface area contributed by atoms with Crippen molar-refractivity contribution in [2.45, 2.75) is 38.1 Å². The van der Waals surface area contributed by atoms with E-state index in [0.717, 1.165) is 17.7 Å². The fourth-order valence-corrected chi connectivity index (χ4v) is 2.02. The fourth-order valence-electron chi connectivity index (χ4n) is 2.02. The normalized spacial score (nSPS) is 16.7. The molecule has 1 aromatic heterocycles. The molecule has 2 rings (SSSR count). The molecule has 0 saturated heterocycles. The number of carbonyl (C=O) groups excluding carboxylic acids is 1. The molecule has 1 amide bonds. The maximum atomic E-state index is 11.8. The first-order valence-electron chi connectivity index (χ1n) is 5.98. The van der Waals surface area contributed by atoms with Crippen molar-refractivity contribution >= 4 is 11.9 Å². The van der Waals surface area contributed by atoms with E-state index in [1.807, 2.05) is 19.1 Å². The van der Waals surface area contributed by atoms with Crippen molar-refractivity contribution in [1.29, 1.82) is 0 Å². The highest BCUT2D eigenvalue weighted by Crippen LogP contribution is 2.32. The molecule has 5 heteroatoms. The summed E-state index contributed by atoms with van der Waals surface area (Å²) in [5.41, 5.74) is 0.646. The predicted molar refractivity (Wildman–Crippen MR) is 65.0 cm³/mol. The minimum absolute atomic E-state index is 0.169. The number of aryl methyl sites for hydroxylation is 1. The quantitative estimate of drug-likeness (QED) is 0.835. The number of carbonyl (C=O) groups is 2. The molecule has 2 N–H and O–H groups in total. The summed E-state index contributed by atoms with van der Waals surface area (Å²) in [4.78, 5) is 27.0. The minimum atomic E-state index is -1.03. The van der Waals surface area contributed by atoms with Crippen LogP contribution >= 0.6 is 0 Å². The fraction of sp³-hybridized carbons (Fsp3) is 0.462. The van der Waals surface area contributed by atoms with Crippen LogP contribution in [0.5, 0.6) is 0 Å². The van der Waals surface area contributed by atoms with Crippen LogP contribution in [0.25, 0.3) is 0 Å². The zero-order valence-corrected chi connectivity index (χ0v) is 10.3. The van der Waals surface area contributed by atoms with Gasteiger partial charge >= 0.3 is 5.97 Å². The number of aromatic nitrogens is 1. The average Bonchev–Trinajstić information content (AvgIpc) is 2.26. The Morgan fingerprint density at radius 3 is 2.61 bits per heavy atom. The number of carboxylic acid groups (broad SMARTS) is 1. The Bertz CT molecular complexity index is 464. The van der Waals surface area contributed by atoms with Gasteiger partial charge in [-0.3, -0.25) is 9.78 Å². The first kappa shape index (κ1) is 12.5. The summed E-state index contributed by atoms with van der Waals surface area (Å²) in [6, 6.07) is 3.66. The first-order valence-corrected chi connectivity index (χ1v) is 5.98. The summed E-state index contributed by atoms with van der Waals surface area (Å²) >= 11 is 0. The molecule has 1 saturated carbocycles. The molecule has 0 atom stereocenters. The van der Waals surface area contributed by atoms with E-state index in [2.05, 4.69) is 10.3 Å². The Hall–Kier alpha value is -1.91. The lowest BCUT2D eigenvalue weighted by Gasteiger charge is -2.38. The second-order valence-corrected chi connectivity index (χ2v) is 4.77. The molecule has 96 valence electrons. The van der Waals surface area contributed by atoms with E-state index in [0.29, 0.717) is 12.8 Å². The van der Waals surface area contributed by atoms with Crippen LogP contribution < -0.4 is 5.32 Å². The van der Waals surface area contributed by atoms with E-state index < -0.39 is 11.5 Å². The smallest absolute Gasteiger partial charge is 0.329 e. The van der Waals surface area contributed by atoms with Gasteiger partial charge in [0.05, 0.1) is 6.42 Å². The monoisotopic (exact) mass is 248 g/mol. The van der Waals surface area contributed by atoms with Crippen molar-refractivity contribution in [3.05, 3.63) is 29.6 Å². The second-order valence-electron chi connectivity index (χ2n) is 4.77. The van der Waals surface area contributed by atoms with Gasteiger partial charge in [-0.2, -0.15) is 0 Å². The molecular weight excluding hydrogens is 232 g/mol. The van der Waals surface area contributed by atoms with Gasteiger partial charge in [-0.05, 0) is 37.8 Å². The van der Waals surface area contributed by atoms with Gasteiger partial charge in [-0.1, -0.05) is 6.07 Å². The highest BCUT2D eigenvalue weighted by atomic mass is 16.4. The number of aliphatic carboxylic acids is 1. The summed E-state index contributed by atoms with van der Waals surface area (Å²) in [6.07, 6.45) is 3.69. The number of amides is 1.